The van der Waals surface area contributed by atoms with E-state index in [2.05, 4.69) is 29.2 Å². The predicted octanol–water partition coefficient (Wildman–Crippen LogP) is 3.72. The quantitative estimate of drug-likeness (QED) is 0.700. The Morgan fingerprint density at radius 2 is 1.83 bits per heavy atom. The number of para-hydroxylation sites is 2. The summed E-state index contributed by atoms with van der Waals surface area (Å²) in [4.78, 5) is 33.7. The average molecular weight is 421 g/mol. The number of hydrogen-bond donors (Lipinski definition) is 1. The van der Waals surface area contributed by atoms with E-state index in [-0.39, 0.29) is 17.7 Å². The number of carbonyl (C=O) groups excluding carboxylic acids is 2. The molecule has 154 valence electrons. The van der Waals surface area contributed by atoms with Crippen molar-refractivity contribution in [3.63, 3.8) is 0 Å². The molecule has 1 saturated heterocycles. The van der Waals surface area contributed by atoms with E-state index in [9.17, 15) is 9.59 Å². The molecule has 1 fully saturated rings. The van der Waals surface area contributed by atoms with Crippen molar-refractivity contribution in [1.29, 1.82) is 0 Å². The Bertz CT molecular complexity index is 1120. The largest absolute Gasteiger partial charge is 0.369 e. The van der Waals surface area contributed by atoms with Gasteiger partial charge >= 0.3 is 0 Å². The van der Waals surface area contributed by atoms with Crippen LogP contribution in [0, 0.1) is 5.92 Å². The molecule has 2 aromatic carbocycles. The number of nitrogens with two attached hydrogens (primary N) is 1. The maximum absolute atomic E-state index is 13.2. The van der Waals surface area contributed by atoms with Crippen LogP contribution in [0.25, 0.3) is 10.2 Å². The summed E-state index contributed by atoms with van der Waals surface area (Å²) in [5, 5.41) is 0.935. The minimum absolute atomic E-state index is 0.0144. The van der Waals surface area contributed by atoms with Gasteiger partial charge in [-0.05, 0) is 49.4 Å². The highest BCUT2D eigenvalue weighted by molar-refractivity contribution is 7.22. The zero-order valence-electron chi connectivity index (χ0n) is 16.7. The van der Waals surface area contributed by atoms with Gasteiger partial charge in [-0.2, -0.15) is 0 Å². The molecule has 2 amide bonds. The summed E-state index contributed by atoms with van der Waals surface area (Å²) >= 11 is 1.63. The molecule has 3 aromatic rings. The predicted molar refractivity (Wildman–Crippen MR) is 119 cm³/mol. The third-order valence-electron chi connectivity index (χ3n) is 6.16. The third-order valence-corrected chi connectivity index (χ3v) is 7.21. The van der Waals surface area contributed by atoms with E-state index < -0.39 is 0 Å². The molecular formula is C23H24N4O2S. The number of anilines is 2. The van der Waals surface area contributed by atoms with Gasteiger partial charge in [0.15, 0.2) is 5.13 Å². The number of rotatable bonds is 3. The van der Waals surface area contributed by atoms with Gasteiger partial charge in [-0.3, -0.25) is 9.59 Å². The molecule has 3 heterocycles. The molecule has 1 aromatic heterocycles. The molecule has 7 heteroatoms. The number of piperidine rings is 1. The minimum Gasteiger partial charge on any atom is -0.369 e. The van der Waals surface area contributed by atoms with Gasteiger partial charge in [0.1, 0.15) is 0 Å². The van der Waals surface area contributed by atoms with Crippen LogP contribution < -0.4 is 10.6 Å². The van der Waals surface area contributed by atoms with E-state index in [1.165, 1.54) is 11.3 Å². The molecule has 5 rings (SSSR count). The van der Waals surface area contributed by atoms with Crippen LogP contribution in [0.3, 0.4) is 0 Å². The van der Waals surface area contributed by atoms with Crippen molar-refractivity contribution in [2.45, 2.75) is 25.7 Å². The SMILES string of the molecule is NC(=O)C1CCN(C(=O)c2cccc3sc(N4CCCc5ccccc54)nc23)CC1. The second-order valence-electron chi connectivity index (χ2n) is 8.00. The molecule has 0 unspecified atom stereocenters. The summed E-state index contributed by atoms with van der Waals surface area (Å²) in [7, 11) is 0. The number of fused-ring (bicyclic) bond motifs is 2. The Morgan fingerprint density at radius 1 is 1.03 bits per heavy atom. The number of thiazole rings is 1. The molecule has 0 bridgehead atoms. The van der Waals surface area contributed by atoms with Crippen LogP contribution >= 0.6 is 11.3 Å². The van der Waals surface area contributed by atoms with Crippen LogP contribution in [0.15, 0.2) is 42.5 Å². The molecule has 0 atom stereocenters. The lowest BCUT2D eigenvalue weighted by Crippen LogP contribution is -2.41. The molecule has 2 aliphatic rings. The number of primary amides is 1. The van der Waals surface area contributed by atoms with Crippen molar-refractivity contribution < 1.29 is 9.59 Å². The Morgan fingerprint density at radius 3 is 2.63 bits per heavy atom. The van der Waals surface area contributed by atoms with Gasteiger partial charge in [-0.25, -0.2) is 4.98 Å². The number of carbonyl (C=O) groups is 2. The first-order valence-electron chi connectivity index (χ1n) is 10.5. The zero-order chi connectivity index (χ0) is 20.7. The average Bonchev–Trinajstić information content (AvgIpc) is 3.22. The summed E-state index contributed by atoms with van der Waals surface area (Å²) in [6.07, 6.45) is 3.43. The normalized spacial score (nSPS) is 17.2. The van der Waals surface area contributed by atoms with E-state index in [1.54, 1.807) is 11.3 Å². The second-order valence-corrected chi connectivity index (χ2v) is 9.01. The molecule has 0 spiro atoms. The first-order valence-corrected chi connectivity index (χ1v) is 11.3. The molecule has 0 aliphatic carbocycles. The zero-order valence-corrected chi connectivity index (χ0v) is 17.5. The fourth-order valence-corrected chi connectivity index (χ4v) is 5.53. The van der Waals surface area contributed by atoms with Crippen LogP contribution in [0.5, 0.6) is 0 Å². The second kappa shape index (κ2) is 7.72. The van der Waals surface area contributed by atoms with Crippen LogP contribution in [0.2, 0.25) is 0 Å². The van der Waals surface area contributed by atoms with Crippen molar-refractivity contribution >= 4 is 44.2 Å². The molecule has 0 radical (unpaired) electrons. The lowest BCUT2D eigenvalue weighted by Gasteiger charge is -2.30. The Kier molecular flexibility index (Phi) is 4.90. The van der Waals surface area contributed by atoms with E-state index in [0.29, 0.717) is 31.5 Å². The fourth-order valence-electron chi connectivity index (χ4n) is 4.49. The Labute approximate surface area is 179 Å². The highest BCUT2D eigenvalue weighted by Gasteiger charge is 2.28. The van der Waals surface area contributed by atoms with E-state index in [1.807, 2.05) is 23.1 Å². The van der Waals surface area contributed by atoms with E-state index in [0.717, 1.165) is 34.7 Å². The number of benzene rings is 2. The van der Waals surface area contributed by atoms with Gasteiger partial charge in [0.25, 0.3) is 5.91 Å². The van der Waals surface area contributed by atoms with E-state index in [4.69, 9.17) is 10.7 Å². The monoisotopic (exact) mass is 420 g/mol. The fraction of sp³-hybridized carbons (Fsp3) is 0.348. The van der Waals surface area contributed by atoms with Gasteiger partial charge < -0.3 is 15.5 Å². The summed E-state index contributed by atoms with van der Waals surface area (Å²) in [6.45, 7) is 2.04. The molecule has 0 saturated carbocycles. The van der Waals surface area contributed by atoms with Crippen LogP contribution in [0.4, 0.5) is 10.8 Å². The lowest BCUT2D eigenvalue weighted by atomic mass is 9.96. The van der Waals surface area contributed by atoms with Gasteiger partial charge in [-0.15, -0.1) is 0 Å². The summed E-state index contributed by atoms with van der Waals surface area (Å²) < 4.78 is 1.02. The van der Waals surface area contributed by atoms with Gasteiger partial charge in [0.05, 0.1) is 15.8 Å². The van der Waals surface area contributed by atoms with Crippen molar-refractivity contribution in [3.8, 4) is 0 Å². The number of aromatic nitrogens is 1. The number of hydrogen-bond acceptors (Lipinski definition) is 5. The highest BCUT2D eigenvalue weighted by Crippen LogP contribution is 2.38. The smallest absolute Gasteiger partial charge is 0.256 e. The Hall–Kier alpha value is -2.93. The first-order chi connectivity index (χ1) is 14.6. The van der Waals surface area contributed by atoms with Crippen molar-refractivity contribution in [2.75, 3.05) is 24.5 Å². The van der Waals surface area contributed by atoms with Crippen molar-refractivity contribution in [3.05, 3.63) is 53.6 Å². The molecule has 6 nitrogen and oxygen atoms in total. The summed E-state index contributed by atoms with van der Waals surface area (Å²) in [5.74, 6) is -0.413. The topological polar surface area (TPSA) is 79.5 Å². The molecule has 2 aliphatic heterocycles. The molecular weight excluding hydrogens is 396 g/mol. The van der Waals surface area contributed by atoms with Crippen LogP contribution in [-0.2, 0) is 11.2 Å². The van der Waals surface area contributed by atoms with Crippen molar-refractivity contribution in [1.82, 2.24) is 9.88 Å². The van der Waals surface area contributed by atoms with E-state index >= 15 is 0 Å². The van der Waals surface area contributed by atoms with Crippen LogP contribution in [0.1, 0.15) is 35.2 Å². The van der Waals surface area contributed by atoms with Gasteiger partial charge in [-0.1, -0.05) is 35.6 Å². The first kappa shape index (κ1) is 19.1. The summed E-state index contributed by atoms with van der Waals surface area (Å²) in [6, 6.07) is 14.3. The maximum atomic E-state index is 13.2. The Balaban J connectivity index is 1.45. The number of aryl methyl sites for hydroxylation is 1. The lowest BCUT2D eigenvalue weighted by molar-refractivity contribution is -0.123. The van der Waals surface area contributed by atoms with Gasteiger partial charge in [0, 0.05) is 31.2 Å². The highest BCUT2D eigenvalue weighted by atomic mass is 32.1. The third kappa shape index (κ3) is 3.33. The molecule has 30 heavy (non-hydrogen) atoms. The number of likely N-dealkylation sites (tertiary alicyclic amines) is 1. The number of nitrogens with zero attached hydrogens (tertiary/aromatic N) is 3. The summed E-state index contributed by atoms with van der Waals surface area (Å²) in [5.41, 5.74) is 9.39. The van der Waals surface area contributed by atoms with Gasteiger partial charge in [0.2, 0.25) is 5.91 Å². The minimum atomic E-state index is -0.268. The standard InChI is InChI=1S/C23H24N4O2S/c24-21(28)16-10-13-26(14-11-16)22(29)17-7-3-9-19-20(17)25-23(30-19)27-12-4-6-15-5-1-2-8-18(15)27/h1-3,5,7-9,16H,4,6,10-14H2,(H2,24,28). The van der Waals surface area contributed by atoms with Crippen molar-refractivity contribution in [2.24, 2.45) is 11.7 Å². The molecule has 2 N–H and O–H groups in total. The maximum Gasteiger partial charge on any atom is 0.256 e. The number of amides is 2. The van der Waals surface area contributed by atoms with Crippen LogP contribution in [-0.4, -0.2) is 41.3 Å².